The third-order valence-corrected chi connectivity index (χ3v) is 3.33. The van der Waals surface area contributed by atoms with Gasteiger partial charge in [0.15, 0.2) is 0 Å². The Morgan fingerprint density at radius 1 is 1.44 bits per heavy atom. The Morgan fingerprint density at radius 3 is 2.78 bits per heavy atom. The van der Waals surface area contributed by atoms with Crippen molar-refractivity contribution in [3.8, 4) is 0 Å². The number of nitrogens with one attached hydrogen (secondary N) is 1. The highest BCUT2D eigenvalue weighted by atomic mass is 16.3. The molecule has 0 bridgehead atoms. The van der Waals surface area contributed by atoms with Gasteiger partial charge in [0.05, 0.1) is 6.61 Å². The number of aliphatic hydroxyl groups excluding tert-OH is 1. The summed E-state index contributed by atoms with van der Waals surface area (Å²) < 4.78 is 0. The van der Waals surface area contributed by atoms with E-state index in [0.29, 0.717) is 12.6 Å². The molecule has 18 heavy (non-hydrogen) atoms. The molecule has 0 saturated heterocycles. The fraction of sp³-hybridized carbons (Fsp3) is 0.692. The minimum atomic E-state index is 0.163. The number of rotatable bonds is 6. The van der Waals surface area contributed by atoms with Crippen LogP contribution in [0.25, 0.3) is 0 Å². The molecule has 0 aliphatic heterocycles. The van der Waals surface area contributed by atoms with Crippen LogP contribution >= 0.6 is 0 Å². The van der Waals surface area contributed by atoms with Crippen LogP contribution in [0.1, 0.15) is 32.0 Å². The first-order valence-electron chi connectivity index (χ1n) is 6.71. The van der Waals surface area contributed by atoms with Crippen molar-refractivity contribution in [2.75, 3.05) is 29.9 Å². The Kier molecular flexibility index (Phi) is 4.36. The Bertz CT molecular complexity index is 393. The summed E-state index contributed by atoms with van der Waals surface area (Å²) in [4.78, 5) is 11.1. The molecule has 100 valence electrons. The summed E-state index contributed by atoms with van der Waals surface area (Å²) in [6.07, 6.45) is 3.66. The van der Waals surface area contributed by atoms with E-state index in [2.05, 4.69) is 27.1 Å². The van der Waals surface area contributed by atoms with Gasteiger partial charge in [0.25, 0.3) is 0 Å². The zero-order valence-electron chi connectivity index (χ0n) is 11.2. The molecule has 1 aromatic rings. The van der Waals surface area contributed by atoms with Crippen molar-refractivity contribution in [3.05, 3.63) is 11.9 Å². The predicted molar refractivity (Wildman–Crippen MR) is 73.0 cm³/mol. The van der Waals surface area contributed by atoms with E-state index in [1.165, 1.54) is 19.3 Å². The number of nitrogens with zero attached hydrogens (tertiary/aromatic N) is 3. The van der Waals surface area contributed by atoms with Crippen molar-refractivity contribution < 1.29 is 5.11 Å². The zero-order valence-corrected chi connectivity index (χ0v) is 11.2. The summed E-state index contributed by atoms with van der Waals surface area (Å²) in [7, 11) is 0. The molecule has 0 unspecified atom stereocenters. The number of aryl methyl sites for hydroxylation is 1. The predicted octanol–water partition coefficient (Wildman–Crippen LogP) is 1.57. The number of aromatic nitrogens is 2. The van der Waals surface area contributed by atoms with Gasteiger partial charge in [0.1, 0.15) is 17.5 Å². The average molecular weight is 250 g/mol. The van der Waals surface area contributed by atoms with Crippen LogP contribution in [-0.4, -0.2) is 40.8 Å². The second-order valence-corrected chi connectivity index (χ2v) is 4.69. The number of anilines is 2. The number of aliphatic hydroxyl groups is 1. The van der Waals surface area contributed by atoms with Crippen molar-refractivity contribution in [2.45, 2.75) is 39.2 Å². The van der Waals surface area contributed by atoms with Gasteiger partial charge in [-0.2, -0.15) is 0 Å². The molecule has 1 saturated carbocycles. The van der Waals surface area contributed by atoms with E-state index in [1.807, 2.05) is 13.0 Å². The quantitative estimate of drug-likeness (QED) is 0.802. The molecule has 1 aromatic heterocycles. The highest BCUT2D eigenvalue weighted by Crippen LogP contribution is 2.29. The minimum Gasteiger partial charge on any atom is -0.395 e. The largest absolute Gasteiger partial charge is 0.395 e. The lowest BCUT2D eigenvalue weighted by molar-refractivity contribution is 0.283. The molecule has 1 aliphatic rings. The Labute approximate surface area is 108 Å². The maximum Gasteiger partial charge on any atom is 0.134 e. The first-order valence-corrected chi connectivity index (χ1v) is 6.71. The van der Waals surface area contributed by atoms with Gasteiger partial charge in [-0.1, -0.05) is 0 Å². The summed E-state index contributed by atoms with van der Waals surface area (Å²) >= 11 is 0. The lowest BCUT2D eigenvalue weighted by Crippen LogP contribution is -2.42. The van der Waals surface area contributed by atoms with Gasteiger partial charge >= 0.3 is 0 Å². The van der Waals surface area contributed by atoms with E-state index in [9.17, 15) is 5.11 Å². The lowest BCUT2D eigenvalue weighted by Gasteiger charge is -2.38. The Hall–Kier alpha value is -1.36. The molecule has 2 rings (SSSR count). The van der Waals surface area contributed by atoms with Crippen LogP contribution in [-0.2, 0) is 0 Å². The van der Waals surface area contributed by atoms with Crippen LogP contribution in [0.3, 0.4) is 0 Å². The van der Waals surface area contributed by atoms with Gasteiger partial charge in [-0.3, -0.25) is 0 Å². The highest BCUT2D eigenvalue weighted by molar-refractivity contribution is 5.50. The molecule has 5 heteroatoms. The van der Waals surface area contributed by atoms with E-state index in [-0.39, 0.29) is 6.61 Å². The second kappa shape index (κ2) is 6.00. The maximum absolute atomic E-state index is 9.21. The van der Waals surface area contributed by atoms with Gasteiger partial charge in [-0.15, -0.1) is 0 Å². The monoisotopic (exact) mass is 250 g/mol. The van der Waals surface area contributed by atoms with Crippen molar-refractivity contribution in [2.24, 2.45) is 0 Å². The Balaban J connectivity index is 2.22. The van der Waals surface area contributed by atoms with E-state index in [1.54, 1.807) is 0 Å². The van der Waals surface area contributed by atoms with Gasteiger partial charge in [-0.05, 0) is 33.1 Å². The molecule has 0 amide bonds. The smallest absolute Gasteiger partial charge is 0.134 e. The van der Waals surface area contributed by atoms with E-state index in [4.69, 9.17) is 0 Å². The summed E-state index contributed by atoms with van der Waals surface area (Å²) in [6, 6.07) is 2.51. The molecule has 1 fully saturated rings. The molecular formula is C13H22N4O. The summed E-state index contributed by atoms with van der Waals surface area (Å²) in [6.45, 7) is 5.61. The first-order chi connectivity index (χ1) is 8.74. The highest BCUT2D eigenvalue weighted by Gasteiger charge is 2.26. The third-order valence-electron chi connectivity index (χ3n) is 3.33. The van der Waals surface area contributed by atoms with Crippen LogP contribution < -0.4 is 10.2 Å². The number of hydrogen-bond donors (Lipinski definition) is 2. The average Bonchev–Trinajstić information content (AvgIpc) is 2.25. The molecule has 0 spiro atoms. The normalized spacial score (nSPS) is 15.3. The third kappa shape index (κ3) is 2.90. The molecule has 0 atom stereocenters. The van der Waals surface area contributed by atoms with Gasteiger partial charge in [0, 0.05) is 25.2 Å². The van der Waals surface area contributed by atoms with Crippen molar-refractivity contribution in [3.63, 3.8) is 0 Å². The standard InChI is InChI=1S/C13H22N4O/c1-3-14-12-9-13(16-10(2)15-12)17(7-8-18)11-5-4-6-11/h9,11,18H,3-8H2,1-2H3,(H,14,15,16). The zero-order chi connectivity index (χ0) is 13.0. The molecule has 0 aromatic carbocycles. The van der Waals surface area contributed by atoms with Crippen LogP contribution in [0, 0.1) is 6.92 Å². The van der Waals surface area contributed by atoms with Crippen molar-refractivity contribution in [1.82, 2.24) is 9.97 Å². The Morgan fingerprint density at radius 2 is 2.22 bits per heavy atom. The maximum atomic E-state index is 9.21. The molecule has 0 radical (unpaired) electrons. The van der Waals surface area contributed by atoms with E-state index in [0.717, 1.165) is 24.0 Å². The molecular weight excluding hydrogens is 228 g/mol. The van der Waals surface area contributed by atoms with E-state index >= 15 is 0 Å². The van der Waals surface area contributed by atoms with Crippen LogP contribution in [0.15, 0.2) is 6.07 Å². The first kappa shape index (κ1) is 13.1. The SMILES string of the molecule is CCNc1cc(N(CCO)C2CCC2)nc(C)n1. The molecule has 2 N–H and O–H groups in total. The second-order valence-electron chi connectivity index (χ2n) is 4.69. The molecule has 1 aliphatic carbocycles. The van der Waals surface area contributed by atoms with Crippen molar-refractivity contribution in [1.29, 1.82) is 0 Å². The minimum absolute atomic E-state index is 0.163. The van der Waals surface area contributed by atoms with Gasteiger partial charge in [0.2, 0.25) is 0 Å². The number of hydrogen-bond acceptors (Lipinski definition) is 5. The summed E-state index contributed by atoms with van der Waals surface area (Å²) in [5, 5.41) is 12.4. The summed E-state index contributed by atoms with van der Waals surface area (Å²) in [5.41, 5.74) is 0. The van der Waals surface area contributed by atoms with Crippen LogP contribution in [0.5, 0.6) is 0 Å². The molecule has 5 nitrogen and oxygen atoms in total. The topological polar surface area (TPSA) is 61.3 Å². The van der Waals surface area contributed by atoms with Gasteiger partial charge in [-0.25, -0.2) is 9.97 Å². The fourth-order valence-electron chi connectivity index (χ4n) is 2.26. The molecule has 1 heterocycles. The van der Waals surface area contributed by atoms with E-state index < -0.39 is 0 Å². The summed E-state index contributed by atoms with van der Waals surface area (Å²) in [5.74, 6) is 2.56. The van der Waals surface area contributed by atoms with Gasteiger partial charge < -0.3 is 15.3 Å². The van der Waals surface area contributed by atoms with Crippen LogP contribution in [0.4, 0.5) is 11.6 Å². The fourth-order valence-corrected chi connectivity index (χ4v) is 2.26. The van der Waals surface area contributed by atoms with Crippen LogP contribution in [0.2, 0.25) is 0 Å². The lowest BCUT2D eigenvalue weighted by atomic mass is 9.91. The van der Waals surface area contributed by atoms with Crippen molar-refractivity contribution >= 4 is 11.6 Å².